The normalized spacial score (nSPS) is 22.7. The third-order valence-corrected chi connectivity index (χ3v) is 6.00. The van der Waals surface area contributed by atoms with Crippen LogP contribution in [-0.2, 0) is 17.4 Å². The topological polar surface area (TPSA) is 36.4 Å². The highest BCUT2D eigenvalue weighted by molar-refractivity contribution is 7.13. The maximum Gasteiger partial charge on any atom is 0.416 e. The van der Waals surface area contributed by atoms with Crippen molar-refractivity contribution in [2.45, 2.75) is 12.6 Å². The van der Waals surface area contributed by atoms with Crippen molar-refractivity contribution in [1.29, 1.82) is 0 Å². The number of nitrogens with zero attached hydrogens (tertiary/aromatic N) is 3. The highest BCUT2D eigenvalue weighted by Gasteiger charge is 2.42. The molecule has 2 saturated heterocycles. The van der Waals surface area contributed by atoms with Crippen molar-refractivity contribution in [3.05, 3.63) is 47.0 Å². The van der Waals surface area contributed by atoms with Gasteiger partial charge in [0.25, 0.3) is 0 Å². The molecule has 1 amide bonds. The molecule has 2 aromatic rings. The Morgan fingerprint density at radius 1 is 1.12 bits per heavy atom. The first-order valence-corrected chi connectivity index (χ1v) is 9.36. The van der Waals surface area contributed by atoms with Crippen LogP contribution in [0.1, 0.15) is 11.1 Å². The fourth-order valence-corrected chi connectivity index (χ4v) is 4.49. The number of carbonyl (C=O) groups excluding carboxylic acids is 1. The molecule has 3 heterocycles. The third kappa shape index (κ3) is 3.42. The third-order valence-electron chi connectivity index (χ3n) is 5.17. The van der Waals surface area contributed by atoms with Gasteiger partial charge in [-0.05, 0) is 17.7 Å². The van der Waals surface area contributed by atoms with Gasteiger partial charge in [-0.1, -0.05) is 12.1 Å². The zero-order chi connectivity index (χ0) is 18.3. The summed E-state index contributed by atoms with van der Waals surface area (Å²) in [4.78, 5) is 21.0. The number of thiazole rings is 1. The predicted octanol–water partition coefficient (Wildman–Crippen LogP) is 3.30. The van der Waals surface area contributed by atoms with Gasteiger partial charge in [0.1, 0.15) is 0 Å². The van der Waals surface area contributed by atoms with E-state index in [2.05, 4.69) is 9.88 Å². The van der Waals surface area contributed by atoms with Crippen LogP contribution in [0.15, 0.2) is 35.8 Å². The number of rotatable bonds is 3. The molecule has 0 spiro atoms. The molecule has 0 saturated carbocycles. The molecule has 8 heteroatoms. The monoisotopic (exact) mass is 381 g/mol. The van der Waals surface area contributed by atoms with Gasteiger partial charge in [-0.3, -0.25) is 4.79 Å². The van der Waals surface area contributed by atoms with Crippen LogP contribution < -0.4 is 4.90 Å². The van der Waals surface area contributed by atoms with Gasteiger partial charge >= 0.3 is 6.18 Å². The lowest BCUT2D eigenvalue weighted by Gasteiger charge is -2.21. The second kappa shape index (κ2) is 6.57. The first-order valence-electron chi connectivity index (χ1n) is 8.48. The Kier molecular flexibility index (Phi) is 4.38. The smallest absolute Gasteiger partial charge is 0.347 e. The Morgan fingerprint density at radius 3 is 2.31 bits per heavy atom. The Morgan fingerprint density at radius 2 is 1.77 bits per heavy atom. The lowest BCUT2D eigenvalue weighted by Crippen LogP contribution is -2.34. The SMILES string of the molecule is O=C(Cc1ccc(C(F)(F)F)cc1)N1CC2CN(c3nccs3)CC2C1. The van der Waals surface area contributed by atoms with Crippen LogP contribution in [0, 0.1) is 11.8 Å². The minimum absolute atomic E-state index is 0.0139. The molecule has 1 aromatic carbocycles. The van der Waals surface area contributed by atoms with Crippen LogP contribution in [0.25, 0.3) is 0 Å². The van der Waals surface area contributed by atoms with Crippen molar-refractivity contribution in [1.82, 2.24) is 9.88 Å². The molecule has 0 N–H and O–H groups in total. The molecule has 0 radical (unpaired) electrons. The van der Waals surface area contributed by atoms with E-state index in [1.165, 1.54) is 12.1 Å². The average Bonchev–Trinajstić information content (AvgIpc) is 3.29. The van der Waals surface area contributed by atoms with E-state index in [1.54, 1.807) is 17.5 Å². The first kappa shape index (κ1) is 17.3. The first-order chi connectivity index (χ1) is 12.4. The molecular formula is C18H18F3N3OS. The van der Waals surface area contributed by atoms with Crippen LogP contribution in [-0.4, -0.2) is 42.0 Å². The van der Waals surface area contributed by atoms with Crippen molar-refractivity contribution in [3.63, 3.8) is 0 Å². The molecule has 0 bridgehead atoms. The summed E-state index contributed by atoms with van der Waals surface area (Å²) in [6.45, 7) is 3.24. The molecule has 4 rings (SSSR count). The Balaban J connectivity index is 1.33. The van der Waals surface area contributed by atoms with Crippen LogP contribution in [0.5, 0.6) is 0 Å². The maximum absolute atomic E-state index is 12.6. The summed E-state index contributed by atoms with van der Waals surface area (Å²) in [5.74, 6) is 0.867. The summed E-state index contributed by atoms with van der Waals surface area (Å²) >= 11 is 1.62. The van der Waals surface area contributed by atoms with Crippen LogP contribution in [0.3, 0.4) is 0 Å². The average molecular weight is 381 g/mol. The Labute approximate surface area is 153 Å². The van der Waals surface area contributed by atoms with Gasteiger partial charge in [0, 0.05) is 49.6 Å². The number of anilines is 1. The lowest BCUT2D eigenvalue weighted by molar-refractivity contribution is -0.137. The number of likely N-dealkylation sites (tertiary alicyclic amines) is 1. The quantitative estimate of drug-likeness (QED) is 0.819. The number of benzene rings is 1. The van der Waals surface area contributed by atoms with Gasteiger partial charge < -0.3 is 9.80 Å². The number of aromatic nitrogens is 1. The zero-order valence-corrected chi connectivity index (χ0v) is 14.8. The Hall–Kier alpha value is -2.09. The molecule has 0 aliphatic carbocycles. The summed E-state index contributed by atoms with van der Waals surface area (Å²) in [5.41, 5.74) is -0.0730. The van der Waals surface area contributed by atoms with Crippen molar-refractivity contribution in [3.8, 4) is 0 Å². The van der Waals surface area contributed by atoms with Crippen LogP contribution >= 0.6 is 11.3 Å². The van der Waals surface area contributed by atoms with E-state index in [0.29, 0.717) is 30.5 Å². The van der Waals surface area contributed by atoms with Gasteiger partial charge in [0.05, 0.1) is 12.0 Å². The summed E-state index contributed by atoms with van der Waals surface area (Å²) < 4.78 is 37.8. The number of fused-ring (bicyclic) bond motifs is 1. The number of alkyl halides is 3. The molecule has 2 aliphatic heterocycles. The highest BCUT2D eigenvalue weighted by Crippen LogP contribution is 2.35. The van der Waals surface area contributed by atoms with Crippen molar-refractivity contribution in [2.75, 3.05) is 31.1 Å². The largest absolute Gasteiger partial charge is 0.416 e. The number of hydrogen-bond acceptors (Lipinski definition) is 4. The van der Waals surface area contributed by atoms with Crippen molar-refractivity contribution < 1.29 is 18.0 Å². The molecule has 2 atom stereocenters. The Bertz CT molecular complexity index is 762. The molecule has 2 unspecified atom stereocenters. The number of carbonyl (C=O) groups is 1. The van der Waals surface area contributed by atoms with Gasteiger partial charge in [-0.2, -0.15) is 13.2 Å². The second-order valence-corrected chi connectivity index (χ2v) is 7.78. The summed E-state index contributed by atoms with van der Waals surface area (Å²) in [7, 11) is 0. The summed E-state index contributed by atoms with van der Waals surface area (Å²) in [6, 6.07) is 4.85. The molecule has 1 aromatic heterocycles. The van der Waals surface area contributed by atoms with E-state index in [9.17, 15) is 18.0 Å². The van der Waals surface area contributed by atoms with Gasteiger partial charge in [-0.15, -0.1) is 11.3 Å². The van der Waals surface area contributed by atoms with Gasteiger partial charge in [0.2, 0.25) is 5.91 Å². The second-order valence-electron chi connectivity index (χ2n) is 6.91. The molecule has 26 heavy (non-hydrogen) atoms. The number of halogens is 3. The van der Waals surface area contributed by atoms with Crippen molar-refractivity contribution in [2.24, 2.45) is 11.8 Å². The molecule has 2 aliphatic rings. The van der Waals surface area contributed by atoms with E-state index in [1.807, 2.05) is 10.3 Å². The minimum atomic E-state index is -4.35. The minimum Gasteiger partial charge on any atom is -0.347 e. The maximum atomic E-state index is 12.6. The fourth-order valence-electron chi connectivity index (χ4n) is 3.82. The van der Waals surface area contributed by atoms with E-state index in [-0.39, 0.29) is 12.3 Å². The predicted molar refractivity (Wildman–Crippen MR) is 93.0 cm³/mol. The van der Waals surface area contributed by atoms with Gasteiger partial charge in [-0.25, -0.2) is 4.98 Å². The van der Waals surface area contributed by atoms with E-state index in [4.69, 9.17) is 0 Å². The molecule has 2 fully saturated rings. The lowest BCUT2D eigenvalue weighted by atomic mass is 10.0. The zero-order valence-electron chi connectivity index (χ0n) is 13.9. The van der Waals surface area contributed by atoms with Crippen LogP contribution in [0.4, 0.5) is 18.3 Å². The van der Waals surface area contributed by atoms with Crippen molar-refractivity contribution >= 4 is 22.4 Å². The molecule has 138 valence electrons. The van der Waals surface area contributed by atoms with E-state index in [0.717, 1.165) is 30.4 Å². The number of hydrogen-bond donors (Lipinski definition) is 0. The summed E-state index contributed by atoms with van der Waals surface area (Å²) in [6.07, 6.45) is -2.40. The number of amides is 1. The summed E-state index contributed by atoms with van der Waals surface area (Å²) in [5, 5.41) is 2.99. The fraction of sp³-hybridized carbons (Fsp3) is 0.444. The van der Waals surface area contributed by atoms with Crippen LogP contribution in [0.2, 0.25) is 0 Å². The van der Waals surface area contributed by atoms with Gasteiger partial charge in [0.15, 0.2) is 5.13 Å². The van der Waals surface area contributed by atoms with E-state index >= 15 is 0 Å². The molecule has 4 nitrogen and oxygen atoms in total. The standard InChI is InChI=1S/C18H18F3N3OS/c19-18(20,21)15-3-1-12(2-4-15)7-16(25)23-8-13-10-24(11-14(13)9-23)17-22-5-6-26-17/h1-6,13-14H,7-11H2. The highest BCUT2D eigenvalue weighted by atomic mass is 32.1. The molecular weight excluding hydrogens is 363 g/mol. The van der Waals surface area contributed by atoms with E-state index < -0.39 is 11.7 Å².